The van der Waals surface area contributed by atoms with E-state index in [0.717, 1.165) is 32.1 Å². The van der Waals surface area contributed by atoms with Crippen LogP contribution >= 0.6 is 0 Å². The Kier molecular flexibility index (Phi) is 30.8. The van der Waals surface area contributed by atoms with E-state index in [0.29, 0.717) is 19.3 Å². The molecule has 4 N–H and O–H groups in total. The Balaban J connectivity index is 2.48. The zero-order valence-electron chi connectivity index (χ0n) is 34.0. The molecule has 0 radical (unpaired) electrons. The lowest BCUT2D eigenvalue weighted by atomic mass is 10.00. The fraction of sp³-hybridized carbons (Fsp3) is 0.857. The zero-order valence-corrected chi connectivity index (χ0v) is 34.9. The van der Waals surface area contributed by atoms with Gasteiger partial charge in [-0.1, -0.05) is 147 Å². The van der Waals surface area contributed by atoms with Crippen LogP contribution in [0.3, 0.4) is 0 Å². The van der Waals surface area contributed by atoms with Crippen LogP contribution in [0.25, 0.3) is 0 Å². The number of ether oxygens (including phenoxy) is 4. The summed E-state index contributed by atoms with van der Waals surface area (Å²) < 4.78 is 53.8. The summed E-state index contributed by atoms with van der Waals surface area (Å²) in [5.41, 5.74) is 0. The number of carbonyl (C=O) groups is 2. The largest absolute Gasteiger partial charge is 0.462 e. The third kappa shape index (κ3) is 28.2. The van der Waals surface area contributed by atoms with E-state index in [1.165, 1.54) is 96.3 Å². The molecule has 1 heterocycles. The highest BCUT2D eigenvalue weighted by Gasteiger charge is 2.46. The van der Waals surface area contributed by atoms with Gasteiger partial charge in [-0.3, -0.25) is 14.1 Å². The Morgan fingerprint density at radius 3 is 1.65 bits per heavy atom. The molecule has 1 fully saturated rings. The van der Waals surface area contributed by atoms with Crippen molar-refractivity contribution in [3.05, 3.63) is 24.3 Å². The lowest BCUT2D eigenvalue weighted by Gasteiger charge is -2.40. The second-order valence-corrected chi connectivity index (χ2v) is 16.5. The summed E-state index contributed by atoms with van der Waals surface area (Å²) in [6.07, 6.45) is 25.3. The molecule has 0 saturated carbocycles. The molecule has 0 aromatic rings. The molecular formula is C42H76O12S. The Hall–Kier alpha value is -1.87. The summed E-state index contributed by atoms with van der Waals surface area (Å²) in [5.74, 6) is -2.04. The van der Waals surface area contributed by atoms with Gasteiger partial charge in [0.1, 0.15) is 36.8 Å². The Bertz CT molecular complexity index is 1130. The molecule has 0 aliphatic carbocycles. The van der Waals surface area contributed by atoms with Gasteiger partial charge in [-0.15, -0.1) is 0 Å². The molecule has 0 aromatic carbocycles. The number of unbranched alkanes of at least 4 members (excludes halogenated alkanes) is 19. The summed E-state index contributed by atoms with van der Waals surface area (Å²) in [4.78, 5) is 25.3. The maximum atomic E-state index is 12.7. The van der Waals surface area contributed by atoms with Crippen molar-refractivity contribution in [1.82, 2.24) is 0 Å². The van der Waals surface area contributed by atoms with Crippen molar-refractivity contribution < 1.29 is 56.8 Å². The van der Waals surface area contributed by atoms with Gasteiger partial charge in [-0.05, 0) is 38.5 Å². The lowest BCUT2D eigenvalue weighted by molar-refractivity contribution is -0.297. The van der Waals surface area contributed by atoms with E-state index in [2.05, 4.69) is 32.1 Å². The van der Waals surface area contributed by atoms with Crippen molar-refractivity contribution in [2.24, 2.45) is 0 Å². The molecule has 0 amide bonds. The minimum atomic E-state index is -4.60. The average molecular weight is 805 g/mol. The van der Waals surface area contributed by atoms with Crippen LogP contribution in [-0.4, -0.2) is 96.0 Å². The van der Waals surface area contributed by atoms with Crippen LogP contribution < -0.4 is 0 Å². The lowest BCUT2D eigenvalue weighted by Crippen LogP contribution is -2.60. The number of hydrogen-bond acceptors (Lipinski definition) is 11. The number of carbonyl (C=O) groups excluding carboxylic acids is 2. The van der Waals surface area contributed by atoms with Crippen LogP contribution in [0.5, 0.6) is 0 Å². The predicted molar refractivity (Wildman–Crippen MR) is 215 cm³/mol. The van der Waals surface area contributed by atoms with Crippen LogP contribution in [0.15, 0.2) is 24.3 Å². The number of rotatable bonds is 35. The molecule has 6 atom stereocenters. The molecule has 1 rings (SSSR count). The standard InChI is InChI=1S/C42H76O12S/c1-3-5-7-9-11-13-15-16-17-18-19-20-21-23-24-26-28-30-37(43)51-32-35(53-38(44)31-29-27-25-22-14-12-10-8-6-4-2)33-52-42-41(47)40(46)39(45)36(54-42)34-55(48,49)50/h19-20,23-24,35-36,39-42,45-47H,3-18,21-22,25-34H2,1-2H3,(H,48,49,50)/b20-19+,24-23+/t35-,36-,39-,40?,41?,42+/m1/s1. The molecule has 1 saturated heterocycles. The van der Waals surface area contributed by atoms with Crippen molar-refractivity contribution in [1.29, 1.82) is 0 Å². The highest BCUT2D eigenvalue weighted by molar-refractivity contribution is 7.85. The van der Waals surface area contributed by atoms with Gasteiger partial charge in [0.2, 0.25) is 0 Å². The molecule has 0 aromatic heterocycles. The van der Waals surface area contributed by atoms with Gasteiger partial charge in [0, 0.05) is 12.8 Å². The quantitative estimate of drug-likeness (QED) is 0.0209. The molecule has 1 aliphatic heterocycles. The first-order valence-electron chi connectivity index (χ1n) is 21.4. The molecular weight excluding hydrogens is 729 g/mol. The Morgan fingerprint density at radius 2 is 1.11 bits per heavy atom. The van der Waals surface area contributed by atoms with Gasteiger partial charge in [0.15, 0.2) is 12.4 Å². The van der Waals surface area contributed by atoms with E-state index in [1.54, 1.807) is 0 Å². The van der Waals surface area contributed by atoms with Gasteiger partial charge < -0.3 is 34.3 Å². The number of hydrogen-bond donors (Lipinski definition) is 4. The smallest absolute Gasteiger partial charge is 0.306 e. The maximum Gasteiger partial charge on any atom is 0.306 e. The van der Waals surface area contributed by atoms with Gasteiger partial charge in [-0.25, -0.2) is 0 Å². The van der Waals surface area contributed by atoms with Crippen molar-refractivity contribution in [3.63, 3.8) is 0 Å². The number of allylic oxidation sites excluding steroid dienone is 4. The van der Waals surface area contributed by atoms with Gasteiger partial charge in [0.25, 0.3) is 10.1 Å². The van der Waals surface area contributed by atoms with Crippen molar-refractivity contribution in [2.75, 3.05) is 19.0 Å². The first-order chi connectivity index (χ1) is 26.5. The van der Waals surface area contributed by atoms with Crippen molar-refractivity contribution >= 4 is 22.1 Å². The van der Waals surface area contributed by atoms with E-state index in [1.807, 2.05) is 6.08 Å². The fourth-order valence-electron chi connectivity index (χ4n) is 6.42. The third-order valence-electron chi connectivity index (χ3n) is 9.78. The average Bonchev–Trinajstić information content (AvgIpc) is 3.14. The number of esters is 2. The second kappa shape index (κ2) is 33.1. The second-order valence-electron chi connectivity index (χ2n) is 15.0. The van der Waals surface area contributed by atoms with E-state index in [-0.39, 0.29) is 19.4 Å². The molecule has 13 heteroatoms. The fourth-order valence-corrected chi connectivity index (χ4v) is 7.11. The SMILES string of the molecule is CCCCCCCCCCC/C=C/C/C=C/CCCC(=O)OC[C@H](CO[C@H]1O[C@H](CS(=O)(=O)O)[C@@H](O)C(O)C1O)OC(=O)CCCCCCCCCCCC. The summed E-state index contributed by atoms with van der Waals surface area (Å²) >= 11 is 0. The van der Waals surface area contributed by atoms with Crippen molar-refractivity contribution in [2.45, 2.75) is 211 Å². The molecule has 2 unspecified atom stereocenters. The first kappa shape index (κ1) is 51.1. The summed E-state index contributed by atoms with van der Waals surface area (Å²) in [5, 5.41) is 30.8. The van der Waals surface area contributed by atoms with Gasteiger partial charge >= 0.3 is 11.9 Å². The minimum absolute atomic E-state index is 0.157. The monoisotopic (exact) mass is 805 g/mol. The van der Waals surface area contributed by atoms with Crippen molar-refractivity contribution in [3.8, 4) is 0 Å². The Labute approximate surface area is 332 Å². The van der Waals surface area contributed by atoms with Crippen LogP contribution in [0.4, 0.5) is 0 Å². The van der Waals surface area contributed by atoms with Crippen LogP contribution in [0, 0.1) is 0 Å². The number of aliphatic hydroxyl groups excluding tert-OH is 3. The third-order valence-corrected chi connectivity index (χ3v) is 10.5. The molecule has 1 aliphatic rings. The molecule has 12 nitrogen and oxygen atoms in total. The minimum Gasteiger partial charge on any atom is -0.462 e. The summed E-state index contributed by atoms with van der Waals surface area (Å²) in [6, 6.07) is 0. The topological polar surface area (TPSA) is 186 Å². The summed E-state index contributed by atoms with van der Waals surface area (Å²) in [6.45, 7) is 3.69. The predicted octanol–water partition coefficient (Wildman–Crippen LogP) is 8.06. The zero-order chi connectivity index (χ0) is 40.6. The molecule has 322 valence electrons. The van der Waals surface area contributed by atoms with E-state index >= 15 is 0 Å². The molecule has 0 bridgehead atoms. The van der Waals surface area contributed by atoms with Crippen LogP contribution in [0.1, 0.15) is 174 Å². The first-order valence-corrected chi connectivity index (χ1v) is 23.0. The number of aliphatic hydroxyl groups is 3. The highest BCUT2D eigenvalue weighted by Crippen LogP contribution is 2.24. The van der Waals surface area contributed by atoms with E-state index in [9.17, 15) is 37.9 Å². The Morgan fingerprint density at radius 1 is 0.618 bits per heavy atom. The highest BCUT2D eigenvalue weighted by atomic mass is 32.2. The van der Waals surface area contributed by atoms with Gasteiger partial charge in [-0.2, -0.15) is 8.42 Å². The molecule has 0 spiro atoms. The van der Waals surface area contributed by atoms with Crippen LogP contribution in [-0.2, 0) is 38.7 Å². The van der Waals surface area contributed by atoms with E-state index in [4.69, 9.17) is 18.9 Å². The van der Waals surface area contributed by atoms with Gasteiger partial charge in [0.05, 0.1) is 6.61 Å². The summed E-state index contributed by atoms with van der Waals surface area (Å²) in [7, 11) is -4.60. The molecule has 55 heavy (non-hydrogen) atoms. The van der Waals surface area contributed by atoms with E-state index < -0.39 is 71.2 Å². The maximum absolute atomic E-state index is 12.7. The van der Waals surface area contributed by atoms with Crippen LogP contribution in [0.2, 0.25) is 0 Å². The normalized spacial score (nSPS) is 21.0.